The second-order valence-corrected chi connectivity index (χ2v) is 15.4. The minimum atomic E-state index is 0.549. The van der Waals surface area contributed by atoms with Gasteiger partial charge in [-0.1, -0.05) is 151 Å². The van der Waals surface area contributed by atoms with Gasteiger partial charge in [-0.05, 0) is 137 Å². The van der Waals surface area contributed by atoms with Gasteiger partial charge in [0.15, 0.2) is 0 Å². The Balaban J connectivity index is 0.972. The van der Waals surface area contributed by atoms with Crippen LogP contribution in [0.5, 0.6) is 0 Å². The highest BCUT2D eigenvalue weighted by Gasteiger charge is 2.16. The van der Waals surface area contributed by atoms with Crippen LogP contribution in [0.3, 0.4) is 0 Å². The van der Waals surface area contributed by atoms with Crippen molar-refractivity contribution in [3.63, 3.8) is 0 Å². The average molecular weight is 795 g/mol. The van der Waals surface area contributed by atoms with Gasteiger partial charge >= 0.3 is 0 Å². The SMILES string of the molecule is [C-]#[N+]c1c2ccc(C=Cc3ccc(N(c4ccccc4)c4ccc(C)cc4)cc3)cc2c(C#N)c2ccc(C=Cc3ccc(N(c4ccccc4)c4ccc(C)cc4)cc3)cc12. The maximum Gasteiger partial charge on any atom is 0.202 e. The smallest absolute Gasteiger partial charge is 0.202 e. The number of rotatable bonds is 10. The van der Waals surface area contributed by atoms with E-state index in [1.54, 1.807) is 0 Å². The molecular weight excluding hydrogens is 753 g/mol. The Morgan fingerprint density at radius 2 is 0.758 bits per heavy atom. The van der Waals surface area contributed by atoms with E-state index in [-0.39, 0.29) is 0 Å². The quantitative estimate of drug-likeness (QED) is 0.0786. The lowest BCUT2D eigenvalue weighted by Gasteiger charge is -2.25. The minimum Gasteiger partial charge on any atom is -0.311 e. The first-order valence-electron chi connectivity index (χ1n) is 20.7. The van der Waals surface area contributed by atoms with E-state index in [0.717, 1.165) is 77.9 Å². The highest BCUT2D eigenvalue weighted by Crippen LogP contribution is 2.40. The standard InChI is InChI=1S/C58H42N4/c1-41-14-28-49(29-15-41)61(47-10-6-4-7-11-47)51-32-22-43(23-33-51)18-20-45-27-37-54-55(38-45)57(40-59)53-36-26-46(39-56(53)58(54)60-3)21-19-44-24-34-52(35-25-44)62(48-12-8-5-9-13-48)50-30-16-42(2)17-31-50/h4-39H,1-2H3. The predicted molar refractivity (Wildman–Crippen MR) is 262 cm³/mol. The van der Waals surface area contributed by atoms with Crippen molar-refractivity contribution in [3.8, 4) is 6.07 Å². The topological polar surface area (TPSA) is 34.6 Å². The van der Waals surface area contributed by atoms with E-state index in [4.69, 9.17) is 6.57 Å². The van der Waals surface area contributed by atoms with Crippen LogP contribution in [0.4, 0.5) is 39.8 Å². The van der Waals surface area contributed by atoms with Crippen LogP contribution in [0, 0.1) is 31.8 Å². The zero-order valence-corrected chi connectivity index (χ0v) is 34.6. The number of nitriles is 1. The molecule has 0 fully saturated rings. The van der Waals surface area contributed by atoms with E-state index >= 15 is 0 Å². The van der Waals surface area contributed by atoms with Crippen molar-refractivity contribution in [3.05, 3.63) is 244 Å². The van der Waals surface area contributed by atoms with Crippen LogP contribution in [0.15, 0.2) is 194 Å². The molecule has 62 heavy (non-hydrogen) atoms. The fourth-order valence-electron chi connectivity index (χ4n) is 7.98. The summed E-state index contributed by atoms with van der Waals surface area (Å²) in [5.74, 6) is 0. The average Bonchev–Trinajstić information content (AvgIpc) is 3.32. The molecule has 0 atom stereocenters. The first-order chi connectivity index (χ1) is 30.4. The highest BCUT2D eigenvalue weighted by molar-refractivity contribution is 6.16. The predicted octanol–water partition coefficient (Wildman–Crippen LogP) is 16.3. The first-order valence-corrected chi connectivity index (χ1v) is 20.7. The van der Waals surface area contributed by atoms with Crippen LogP contribution in [0.1, 0.15) is 38.9 Å². The molecule has 294 valence electrons. The molecule has 9 aromatic carbocycles. The van der Waals surface area contributed by atoms with Crippen molar-refractivity contribution < 1.29 is 0 Å². The second-order valence-electron chi connectivity index (χ2n) is 15.4. The molecule has 0 bridgehead atoms. The molecule has 0 saturated carbocycles. The fourth-order valence-corrected chi connectivity index (χ4v) is 7.98. The molecule has 0 radical (unpaired) electrons. The Kier molecular flexibility index (Phi) is 11.0. The number of fused-ring (bicyclic) bond motifs is 2. The van der Waals surface area contributed by atoms with Gasteiger partial charge in [-0.3, -0.25) is 0 Å². The zero-order chi connectivity index (χ0) is 42.4. The lowest BCUT2D eigenvalue weighted by Crippen LogP contribution is -2.09. The Hall–Kier alpha value is -8.44. The molecule has 9 aromatic rings. The van der Waals surface area contributed by atoms with Crippen molar-refractivity contribution in [1.82, 2.24) is 0 Å². The summed E-state index contributed by atoms with van der Waals surface area (Å²) in [5.41, 5.74) is 14.1. The van der Waals surface area contributed by atoms with Gasteiger partial charge in [-0.2, -0.15) is 5.26 Å². The molecule has 0 aliphatic rings. The largest absolute Gasteiger partial charge is 0.311 e. The second kappa shape index (κ2) is 17.4. The van der Waals surface area contributed by atoms with Crippen molar-refractivity contribution in [1.29, 1.82) is 5.26 Å². The van der Waals surface area contributed by atoms with Gasteiger partial charge in [-0.25, -0.2) is 4.85 Å². The van der Waals surface area contributed by atoms with Gasteiger partial charge in [0.2, 0.25) is 5.69 Å². The Bertz CT molecular complexity index is 2950. The highest BCUT2D eigenvalue weighted by atomic mass is 15.1. The van der Waals surface area contributed by atoms with E-state index in [9.17, 15) is 5.26 Å². The maximum absolute atomic E-state index is 10.5. The number of anilines is 6. The summed E-state index contributed by atoms with van der Waals surface area (Å²) in [6, 6.07) is 69.5. The van der Waals surface area contributed by atoms with Crippen molar-refractivity contribution in [2.45, 2.75) is 13.8 Å². The molecule has 0 aliphatic heterocycles. The number of hydrogen-bond donors (Lipinski definition) is 0. The van der Waals surface area contributed by atoms with E-state index in [1.807, 2.05) is 48.5 Å². The number of nitrogens with zero attached hydrogens (tertiary/aromatic N) is 4. The number of hydrogen-bond acceptors (Lipinski definition) is 3. The van der Waals surface area contributed by atoms with Crippen LogP contribution in [0.25, 0.3) is 50.7 Å². The van der Waals surface area contributed by atoms with Gasteiger partial charge in [0.05, 0.1) is 12.1 Å². The van der Waals surface area contributed by atoms with Crippen LogP contribution in [-0.2, 0) is 0 Å². The molecule has 0 aliphatic carbocycles. The molecule has 4 heteroatoms. The van der Waals surface area contributed by atoms with Crippen molar-refractivity contribution in [2.75, 3.05) is 9.80 Å². The summed E-state index contributed by atoms with van der Waals surface area (Å²) < 4.78 is 0. The molecule has 9 rings (SSSR count). The molecular formula is C58H42N4. The van der Waals surface area contributed by atoms with E-state index < -0.39 is 0 Å². The molecule has 0 heterocycles. The molecule has 0 amide bonds. The molecule has 0 spiro atoms. The van der Waals surface area contributed by atoms with Crippen molar-refractivity contribution in [2.24, 2.45) is 0 Å². The van der Waals surface area contributed by atoms with Gasteiger partial charge in [-0.15, -0.1) is 0 Å². The zero-order valence-electron chi connectivity index (χ0n) is 34.6. The molecule has 0 saturated heterocycles. The number of aryl methyl sites for hydroxylation is 2. The third-order valence-corrected chi connectivity index (χ3v) is 11.2. The fraction of sp³-hybridized carbons (Fsp3) is 0.0345. The summed E-state index contributed by atoms with van der Waals surface area (Å²) in [6.45, 7) is 12.4. The molecule has 0 aromatic heterocycles. The Morgan fingerprint density at radius 3 is 1.18 bits per heavy atom. The third kappa shape index (κ3) is 8.10. The van der Waals surface area contributed by atoms with Crippen LogP contribution >= 0.6 is 0 Å². The van der Waals surface area contributed by atoms with Crippen LogP contribution in [0.2, 0.25) is 0 Å². The number of benzene rings is 9. The van der Waals surface area contributed by atoms with E-state index in [0.29, 0.717) is 11.3 Å². The lowest BCUT2D eigenvalue weighted by molar-refractivity contribution is 1.27. The van der Waals surface area contributed by atoms with E-state index in [2.05, 4.69) is 204 Å². The van der Waals surface area contributed by atoms with Gasteiger partial charge in [0, 0.05) is 34.1 Å². The normalized spacial score (nSPS) is 11.2. The summed E-state index contributed by atoms with van der Waals surface area (Å²) in [4.78, 5) is 8.53. The summed E-state index contributed by atoms with van der Waals surface area (Å²) in [7, 11) is 0. The van der Waals surface area contributed by atoms with Gasteiger partial charge < -0.3 is 9.80 Å². The third-order valence-electron chi connectivity index (χ3n) is 11.2. The van der Waals surface area contributed by atoms with E-state index in [1.165, 1.54) is 11.1 Å². The van der Waals surface area contributed by atoms with Gasteiger partial charge in [0.1, 0.15) is 6.07 Å². The molecule has 0 N–H and O–H groups in total. The summed E-state index contributed by atoms with van der Waals surface area (Å²) in [6.07, 6.45) is 8.30. The molecule has 4 nitrogen and oxygen atoms in total. The minimum absolute atomic E-state index is 0.549. The van der Waals surface area contributed by atoms with Crippen LogP contribution < -0.4 is 9.80 Å². The first kappa shape index (κ1) is 39.0. The number of para-hydroxylation sites is 2. The Morgan fingerprint density at radius 1 is 0.403 bits per heavy atom. The Labute approximate surface area is 363 Å². The van der Waals surface area contributed by atoms with Crippen molar-refractivity contribution >= 4 is 85.7 Å². The van der Waals surface area contributed by atoms with Crippen LogP contribution in [-0.4, -0.2) is 0 Å². The lowest BCUT2D eigenvalue weighted by atomic mass is 9.93. The monoisotopic (exact) mass is 794 g/mol. The molecule has 0 unspecified atom stereocenters. The maximum atomic E-state index is 10.5. The summed E-state index contributed by atoms with van der Waals surface area (Å²) >= 11 is 0. The van der Waals surface area contributed by atoms with Gasteiger partial charge in [0.25, 0.3) is 0 Å². The summed E-state index contributed by atoms with van der Waals surface area (Å²) in [5, 5.41) is 13.6.